The molecule has 0 saturated heterocycles. The van der Waals surface area contributed by atoms with Gasteiger partial charge in [0.05, 0.1) is 18.5 Å². The Hall–Kier alpha value is -3.72. The molecular weight excluding hydrogens is 448 g/mol. The fourth-order valence-corrected chi connectivity index (χ4v) is 4.42. The van der Waals surface area contributed by atoms with E-state index in [0.717, 1.165) is 39.6 Å². The lowest BCUT2D eigenvalue weighted by Gasteiger charge is -2.11. The van der Waals surface area contributed by atoms with Crippen LogP contribution in [0.4, 0.5) is 5.69 Å². The van der Waals surface area contributed by atoms with Crippen molar-refractivity contribution in [2.24, 2.45) is 0 Å². The smallest absolute Gasteiger partial charge is 0.278 e. The number of ether oxygens (including phenoxy) is 1. The first-order chi connectivity index (χ1) is 16.3. The van der Waals surface area contributed by atoms with E-state index in [2.05, 4.69) is 25.6 Å². The second kappa shape index (κ2) is 10.0. The molecule has 0 fully saturated rings. The molecule has 2 aromatic heterocycles. The number of nitrogens with one attached hydrogen (secondary N) is 1. The highest BCUT2D eigenvalue weighted by Gasteiger charge is 2.22. The minimum atomic E-state index is -0.314. The van der Waals surface area contributed by atoms with Gasteiger partial charge >= 0.3 is 0 Å². The monoisotopic (exact) mass is 474 g/mol. The Kier molecular flexibility index (Phi) is 6.93. The predicted octanol–water partition coefficient (Wildman–Crippen LogP) is 4.84. The maximum atomic E-state index is 13.3. The number of anilines is 1. The third kappa shape index (κ3) is 5.26. The van der Waals surface area contributed by atoms with Gasteiger partial charge in [-0.1, -0.05) is 29.1 Å². The van der Waals surface area contributed by atoms with Gasteiger partial charge in [0.15, 0.2) is 10.9 Å². The maximum Gasteiger partial charge on any atom is 0.278 e. The minimum absolute atomic E-state index is 0.258. The molecule has 2 heterocycles. The summed E-state index contributed by atoms with van der Waals surface area (Å²) in [6.45, 7) is 7.81. The SMILES string of the molecule is COc1ccc(-n2nnc(C(=O)Nc3cc(C)ccc3C)c2CSc2nc(C)cc(C)n2)cc1. The van der Waals surface area contributed by atoms with Crippen molar-refractivity contribution in [1.29, 1.82) is 0 Å². The highest BCUT2D eigenvalue weighted by atomic mass is 32.2. The second-order valence-electron chi connectivity index (χ2n) is 7.99. The number of hydrogen-bond acceptors (Lipinski definition) is 7. The Morgan fingerprint density at radius 3 is 2.38 bits per heavy atom. The number of aromatic nitrogens is 5. The van der Waals surface area contributed by atoms with E-state index in [4.69, 9.17) is 4.74 Å². The van der Waals surface area contributed by atoms with Gasteiger partial charge in [0, 0.05) is 22.8 Å². The minimum Gasteiger partial charge on any atom is -0.497 e. The average Bonchev–Trinajstić information content (AvgIpc) is 3.23. The van der Waals surface area contributed by atoms with Crippen molar-refractivity contribution in [3.8, 4) is 11.4 Å². The van der Waals surface area contributed by atoms with E-state index in [-0.39, 0.29) is 11.6 Å². The van der Waals surface area contributed by atoms with Crippen LogP contribution in [0.25, 0.3) is 5.69 Å². The van der Waals surface area contributed by atoms with Gasteiger partial charge in [-0.2, -0.15) is 0 Å². The van der Waals surface area contributed by atoms with Gasteiger partial charge < -0.3 is 10.1 Å². The lowest BCUT2D eigenvalue weighted by atomic mass is 10.1. The average molecular weight is 475 g/mol. The molecule has 0 radical (unpaired) electrons. The number of benzene rings is 2. The van der Waals surface area contributed by atoms with Crippen molar-refractivity contribution >= 4 is 23.4 Å². The summed E-state index contributed by atoms with van der Waals surface area (Å²) in [5.74, 6) is 0.832. The first kappa shape index (κ1) is 23.4. The first-order valence-corrected chi connectivity index (χ1v) is 11.8. The largest absolute Gasteiger partial charge is 0.497 e. The molecular formula is C25H26N6O2S. The number of carbonyl (C=O) groups excluding carboxylic acids is 1. The van der Waals surface area contributed by atoms with Gasteiger partial charge in [0.2, 0.25) is 0 Å². The molecule has 0 bridgehead atoms. The molecule has 0 aliphatic heterocycles. The zero-order chi connectivity index (χ0) is 24.2. The Morgan fingerprint density at radius 1 is 1.00 bits per heavy atom. The number of hydrogen-bond donors (Lipinski definition) is 1. The molecule has 4 aromatic rings. The number of nitrogens with zero attached hydrogens (tertiary/aromatic N) is 5. The van der Waals surface area contributed by atoms with Crippen molar-refractivity contribution in [2.75, 3.05) is 12.4 Å². The third-order valence-electron chi connectivity index (χ3n) is 5.24. The number of rotatable bonds is 7. The molecule has 9 heteroatoms. The molecule has 1 amide bonds. The van der Waals surface area contributed by atoms with Gasteiger partial charge in [-0.15, -0.1) is 5.10 Å². The van der Waals surface area contributed by atoms with E-state index in [1.165, 1.54) is 11.8 Å². The number of thioether (sulfide) groups is 1. The van der Waals surface area contributed by atoms with Crippen LogP contribution in [0, 0.1) is 27.7 Å². The second-order valence-corrected chi connectivity index (χ2v) is 8.93. The van der Waals surface area contributed by atoms with Crippen molar-refractivity contribution in [1.82, 2.24) is 25.0 Å². The lowest BCUT2D eigenvalue weighted by Crippen LogP contribution is -2.16. The summed E-state index contributed by atoms with van der Waals surface area (Å²) >= 11 is 1.44. The molecule has 4 rings (SSSR count). The van der Waals surface area contributed by atoms with Crippen LogP contribution in [0.5, 0.6) is 5.75 Å². The van der Waals surface area contributed by atoms with Crippen molar-refractivity contribution in [3.05, 3.63) is 82.4 Å². The summed E-state index contributed by atoms with van der Waals surface area (Å²) < 4.78 is 6.94. The van der Waals surface area contributed by atoms with E-state index in [9.17, 15) is 4.79 Å². The normalized spacial score (nSPS) is 10.9. The number of aryl methyl sites for hydroxylation is 4. The molecule has 34 heavy (non-hydrogen) atoms. The fraction of sp³-hybridized carbons (Fsp3) is 0.240. The Morgan fingerprint density at radius 2 is 1.71 bits per heavy atom. The van der Waals surface area contributed by atoms with Gasteiger partial charge in [0.1, 0.15) is 5.75 Å². The molecule has 8 nitrogen and oxygen atoms in total. The third-order valence-corrected chi connectivity index (χ3v) is 6.09. The highest BCUT2D eigenvalue weighted by Crippen LogP contribution is 2.26. The van der Waals surface area contributed by atoms with E-state index < -0.39 is 0 Å². The summed E-state index contributed by atoms with van der Waals surface area (Å²) in [6, 6.07) is 15.3. The Bertz CT molecular complexity index is 1310. The summed E-state index contributed by atoms with van der Waals surface area (Å²) in [6.07, 6.45) is 0. The van der Waals surface area contributed by atoms with Crippen LogP contribution in [-0.4, -0.2) is 38.0 Å². The summed E-state index contributed by atoms with van der Waals surface area (Å²) in [7, 11) is 1.62. The zero-order valence-corrected chi connectivity index (χ0v) is 20.6. The van der Waals surface area contributed by atoms with Crippen LogP contribution in [0.3, 0.4) is 0 Å². The van der Waals surface area contributed by atoms with Crippen LogP contribution in [0.15, 0.2) is 53.7 Å². The van der Waals surface area contributed by atoms with Crippen LogP contribution in [-0.2, 0) is 5.75 Å². The number of carbonyl (C=O) groups is 1. The molecule has 0 unspecified atom stereocenters. The molecule has 0 aliphatic carbocycles. The van der Waals surface area contributed by atoms with E-state index in [1.54, 1.807) is 11.8 Å². The molecule has 0 spiro atoms. The van der Waals surface area contributed by atoms with Gasteiger partial charge in [0.25, 0.3) is 5.91 Å². The van der Waals surface area contributed by atoms with Crippen molar-refractivity contribution in [3.63, 3.8) is 0 Å². The first-order valence-electron chi connectivity index (χ1n) is 10.8. The number of amides is 1. The van der Waals surface area contributed by atoms with Crippen LogP contribution in [0.1, 0.15) is 38.7 Å². The molecule has 0 atom stereocenters. The molecule has 1 N–H and O–H groups in total. The molecule has 0 aliphatic rings. The standard InChI is InChI=1S/C25H26N6O2S/c1-15-6-7-16(2)21(12-15)28-24(32)23-22(14-34-25-26-17(3)13-18(4)27-25)31(30-29-23)19-8-10-20(33-5)11-9-19/h6-13H,14H2,1-5H3,(H,28,32). The van der Waals surface area contributed by atoms with Gasteiger partial charge in [-0.05, 0) is 75.2 Å². The van der Waals surface area contributed by atoms with Crippen LogP contribution >= 0.6 is 11.8 Å². The highest BCUT2D eigenvalue weighted by molar-refractivity contribution is 7.98. The number of methoxy groups -OCH3 is 1. The Balaban J connectivity index is 1.69. The summed E-state index contributed by atoms with van der Waals surface area (Å²) in [5.41, 5.74) is 6.26. The van der Waals surface area contributed by atoms with Crippen LogP contribution in [0.2, 0.25) is 0 Å². The zero-order valence-electron chi connectivity index (χ0n) is 19.8. The lowest BCUT2D eigenvalue weighted by molar-refractivity contribution is 0.102. The summed E-state index contributed by atoms with van der Waals surface area (Å²) in [5, 5.41) is 12.2. The molecule has 174 valence electrons. The maximum absolute atomic E-state index is 13.3. The molecule has 2 aromatic carbocycles. The molecule has 0 saturated carbocycles. The van der Waals surface area contributed by atoms with Gasteiger partial charge in [-0.3, -0.25) is 4.79 Å². The van der Waals surface area contributed by atoms with Gasteiger partial charge in [-0.25, -0.2) is 14.6 Å². The van der Waals surface area contributed by atoms with Crippen LogP contribution < -0.4 is 10.1 Å². The van der Waals surface area contributed by atoms with Crippen molar-refractivity contribution in [2.45, 2.75) is 38.6 Å². The van der Waals surface area contributed by atoms with E-state index in [1.807, 2.05) is 76.2 Å². The fourth-order valence-electron chi connectivity index (χ4n) is 3.48. The predicted molar refractivity (Wildman–Crippen MR) is 133 cm³/mol. The van der Waals surface area contributed by atoms with E-state index in [0.29, 0.717) is 16.6 Å². The van der Waals surface area contributed by atoms with Crippen molar-refractivity contribution < 1.29 is 9.53 Å². The topological polar surface area (TPSA) is 94.8 Å². The Labute approximate surface area is 202 Å². The van der Waals surface area contributed by atoms with E-state index >= 15 is 0 Å². The quantitative estimate of drug-likeness (QED) is 0.302. The summed E-state index contributed by atoms with van der Waals surface area (Å²) in [4.78, 5) is 22.3.